The number of pyridine rings is 2. The van der Waals surface area contributed by atoms with E-state index in [9.17, 15) is 19.1 Å². The van der Waals surface area contributed by atoms with Crippen molar-refractivity contribution in [2.45, 2.75) is 16.1 Å². The molecule has 0 aliphatic carbocycles. The van der Waals surface area contributed by atoms with Crippen LogP contribution in [0.1, 0.15) is 22.7 Å². The molecular weight excluding hydrogens is 489 g/mol. The minimum Gasteiger partial charge on any atom is -0.507 e. The van der Waals surface area contributed by atoms with Crippen molar-refractivity contribution in [3.8, 4) is 0 Å². The molecule has 1 atom stereocenters. The number of aliphatic hydroxyl groups is 1. The molecule has 1 amide bonds. The molecule has 1 fully saturated rings. The Kier molecular flexibility index (Phi) is 6.34. The normalized spacial score (nSPS) is 17.2. The topological polar surface area (TPSA) is 109 Å². The molecule has 1 aromatic carbocycles. The lowest BCUT2D eigenvalue weighted by atomic mass is 9.97. The Hall–Kier alpha value is -3.96. The number of aromatic nitrogens is 4. The van der Waals surface area contributed by atoms with Crippen LogP contribution in [-0.2, 0) is 15.3 Å². The SMILES string of the molecule is O=C1C(=O)N(c2nnc(SCc3ccccc3F)s2)C(c2cccnc2)C1=C(O)c1ccncc1. The lowest BCUT2D eigenvalue weighted by Crippen LogP contribution is -2.29. The van der Waals surface area contributed by atoms with Crippen molar-refractivity contribution in [2.24, 2.45) is 0 Å². The minimum absolute atomic E-state index is 0.0787. The number of nitrogens with zero attached hydrogens (tertiary/aromatic N) is 5. The fraction of sp³-hybridized carbons (Fsp3) is 0.0833. The predicted molar refractivity (Wildman–Crippen MR) is 129 cm³/mol. The number of aliphatic hydroxyl groups excluding tert-OH is 1. The van der Waals surface area contributed by atoms with Gasteiger partial charge in [-0.2, -0.15) is 0 Å². The second-order valence-electron chi connectivity index (χ2n) is 7.42. The Balaban J connectivity index is 1.52. The number of anilines is 1. The average molecular weight is 506 g/mol. The maximum atomic E-state index is 14.0. The molecule has 1 unspecified atom stereocenters. The standard InChI is InChI=1S/C24H16FN5O3S2/c25-17-6-2-1-4-16(17)13-34-24-29-28-23(35-24)30-19(15-5-3-9-27-12-15)18(21(32)22(30)33)20(31)14-7-10-26-11-8-14/h1-12,19,31H,13H2. The molecule has 174 valence electrons. The molecule has 35 heavy (non-hydrogen) atoms. The van der Waals surface area contributed by atoms with Gasteiger partial charge in [0.05, 0.1) is 11.6 Å². The fourth-order valence-electron chi connectivity index (χ4n) is 3.66. The number of rotatable bonds is 6. The molecule has 0 spiro atoms. The molecule has 8 nitrogen and oxygen atoms in total. The average Bonchev–Trinajstić information content (AvgIpc) is 3.46. The summed E-state index contributed by atoms with van der Waals surface area (Å²) >= 11 is 2.38. The van der Waals surface area contributed by atoms with E-state index in [-0.39, 0.29) is 22.3 Å². The highest BCUT2D eigenvalue weighted by molar-refractivity contribution is 8.00. The third-order valence-electron chi connectivity index (χ3n) is 5.31. The van der Waals surface area contributed by atoms with Crippen molar-refractivity contribution in [3.05, 3.63) is 101 Å². The summed E-state index contributed by atoms with van der Waals surface area (Å²) in [5, 5.41) is 19.4. The highest BCUT2D eigenvalue weighted by atomic mass is 32.2. The number of hydrogen-bond donors (Lipinski definition) is 1. The Bertz CT molecular complexity index is 1430. The van der Waals surface area contributed by atoms with Gasteiger partial charge in [0.25, 0.3) is 5.78 Å². The van der Waals surface area contributed by atoms with Crippen molar-refractivity contribution in [3.63, 3.8) is 0 Å². The molecule has 0 saturated carbocycles. The van der Waals surface area contributed by atoms with Crippen LogP contribution in [-0.4, -0.2) is 37.0 Å². The maximum Gasteiger partial charge on any atom is 0.301 e. The molecule has 3 aromatic heterocycles. The zero-order valence-electron chi connectivity index (χ0n) is 17.9. The number of amides is 1. The molecule has 1 saturated heterocycles. The highest BCUT2D eigenvalue weighted by Crippen LogP contribution is 2.43. The van der Waals surface area contributed by atoms with E-state index in [1.54, 1.807) is 48.7 Å². The van der Waals surface area contributed by atoms with Gasteiger partial charge in [0.15, 0.2) is 4.34 Å². The summed E-state index contributed by atoms with van der Waals surface area (Å²) in [5.74, 6) is -1.99. The Labute approximate surface area is 207 Å². The number of hydrogen-bond acceptors (Lipinski definition) is 9. The van der Waals surface area contributed by atoms with Crippen molar-refractivity contribution in [1.29, 1.82) is 0 Å². The van der Waals surface area contributed by atoms with Gasteiger partial charge in [-0.05, 0) is 35.4 Å². The molecule has 5 rings (SSSR count). The van der Waals surface area contributed by atoms with Gasteiger partial charge in [-0.25, -0.2) is 4.39 Å². The number of Topliss-reactive ketones (excluding diaryl/α,β-unsaturated/α-hetero) is 1. The first-order valence-electron chi connectivity index (χ1n) is 10.4. The summed E-state index contributed by atoms with van der Waals surface area (Å²) in [6.45, 7) is 0. The fourth-order valence-corrected chi connectivity index (χ4v) is 5.52. The molecule has 0 radical (unpaired) electrons. The van der Waals surface area contributed by atoms with Crippen molar-refractivity contribution < 1.29 is 19.1 Å². The van der Waals surface area contributed by atoms with Gasteiger partial charge in [0, 0.05) is 36.1 Å². The monoisotopic (exact) mass is 505 g/mol. The van der Waals surface area contributed by atoms with Crippen LogP contribution in [0.2, 0.25) is 0 Å². The van der Waals surface area contributed by atoms with E-state index < -0.39 is 17.7 Å². The second kappa shape index (κ2) is 9.72. The van der Waals surface area contributed by atoms with Gasteiger partial charge < -0.3 is 5.11 Å². The lowest BCUT2D eigenvalue weighted by Gasteiger charge is -2.22. The molecule has 0 bridgehead atoms. The minimum atomic E-state index is -0.950. The van der Waals surface area contributed by atoms with Crippen LogP contribution in [0.25, 0.3) is 5.76 Å². The van der Waals surface area contributed by atoms with E-state index in [0.29, 0.717) is 26.8 Å². The predicted octanol–water partition coefficient (Wildman–Crippen LogP) is 4.39. The van der Waals surface area contributed by atoms with E-state index in [0.717, 1.165) is 11.3 Å². The summed E-state index contributed by atoms with van der Waals surface area (Å²) in [7, 11) is 0. The van der Waals surface area contributed by atoms with Crippen LogP contribution < -0.4 is 4.90 Å². The van der Waals surface area contributed by atoms with Crippen LogP contribution in [0.4, 0.5) is 9.52 Å². The van der Waals surface area contributed by atoms with Gasteiger partial charge in [0.1, 0.15) is 11.6 Å². The number of thioether (sulfide) groups is 1. The molecule has 4 aromatic rings. The van der Waals surface area contributed by atoms with Crippen LogP contribution in [0.3, 0.4) is 0 Å². The Morgan fingerprint density at radius 2 is 1.83 bits per heavy atom. The van der Waals surface area contributed by atoms with Gasteiger partial charge >= 0.3 is 5.91 Å². The number of ketones is 1. The molecule has 1 aliphatic heterocycles. The maximum absolute atomic E-state index is 14.0. The van der Waals surface area contributed by atoms with E-state index in [1.807, 2.05) is 0 Å². The lowest BCUT2D eigenvalue weighted by molar-refractivity contribution is -0.132. The van der Waals surface area contributed by atoms with Crippen molar-refractivity contribution in [2.75, 3.05) is 4.90 Å². The number of carbonyl (C=O) groups is 2. The first kappa shape index (κ1) is 22.8. The smallest absolute Gasteiger partial charge is 0.301 e. The molecular formula is C24H16FN5O3S2. The third-order valence-corrected chi connectivity index (χ3v) is 7.41. The van der Waals surface area contributed by atoms with Crippen molar-refractivity contribution >= 4 is 45.7 Å². The van der Waals surface area contributed by atoms with Crippen LogP contribution in [0.15, 0.2) is 83.2 Å². The Morgan fingerprint density at radius 3 is 2.57 bits per heavy atom. The van der Waals surface area contributed by atoms with Gasteiger partial charge in [-0.3, -0.25) is 24.5 Å². The van der Waals surface area contributed by atoms with Gasteiger partial charge in [-0.1, -0.05) is 47.4 Å². The summed E-state index contributed by atoms with van der Waals surface area (Å²) in [4.78, 5) is 35.5. The molecule has 1 aliphatic rings. The first-order valence-corrected chi connectivity index (χ1v) is 12.2. The van der Waals surface area contributed by atoms with Gasteiger partial charge in [-0.15, -0.1) is 10.2 Å². The third kappa shape index (κ3) is 4.43. The second-order valence-corrected chi connectivity index (χ2v) is 9.60. The highest BCUT2D eigenvalue weighted by Gasteiger charge is 2.48. The largest absolute Gasteiger partial charge is 0.507 e. The van der Waals surface area contributed by atoms with Gasteiger partial charge in [0.2, 0.25) is 5.13 Å². The zero-order chi connectivity index (χ0) is 24.4. The van der Waals surface area contributed by atoms with Crippen LogP contribution >= 0.6 is 23.1 Å². The number of benzene rings is 1. The summed E-state index contributed by atoms with van der Waals surface area (Å²) in [6.07, 6.45) is 6.06. The van der Waals surface area contributed by atoms with Crippen LogP contribution in [0.5, 0.6) is 0 Å². The molecule has 1 N–H and O–H groups in total. The zero-order valence-corrected chi connectivity index (χ0v) is 19.5. The van der Waals surface area contributed by atoms with Crippen molar-refractivity contribution in [1.82, 2.24) is 20.2 Å². The Morgan fingerprint density at radius 1 is 1.03 bits per heavy atom. The molecule has 11 heteroatoms. The first-order chi connectivity index (χ1) is 17.0. The van der Waals surface area contributed by atoms with E-state index in [2.05, 4.69) is 20.2 Å². The van der Waals surface area contributed by atoms with E-state index >= 15 is 0 Å². The quantitative estimate of drug-likeness (QED) is 0.135. The summed E-state index contributed by atoms with van der Waals surface area (Å²) in [6, 6.07) is 12.0. The number of halogens is 1. The van der Waals surface area contributed by atoms with E-state index in [1.165, 1.54) is 41.3 Å². The van der Waals surface area contributed by atoms with E-state index in [4.69, 9.17) is 0 Å². The van der Waals surface area contributed by atoms with Crippen LogP contribution in [0, 0.1) is 5.82 Å². The summed E-state index contributed by atoms with van der Waals surface area (Å²) in [5.41, 5.74) is 1.32. The summed E-state index contributed by atoms with van der Waals surface area (Å²) < 4.78 is 14.5. The number of carbonyl (C=O) groups excluding carboxylic acids is 2. The molecule has 4 heterocycles.